The summed E-state index contributed by atoms with van der Waals surface area (Å²) in [6, 6.07) is 0. The molecule has 0 N–H and O–H groups in total. The predicted octanol–water partition coefficient (Wildman–Crippen LogP) is 14.8. The second-order valence-electron chi connectivity index (χ2n) is 15.5. The van der Waals surface area contributed by atoms with E-state index in [9.17, 15) is 0 Å². The van der Waals surface area contributed by atoms with Crippen molar-refractivity contribution in [2.24, 2.45) is 0 Å². The second kappa shape index (κ2) is 40.2. The van der Waals surface area contributed by atoms with Crippen molar-refractivity contribution in [1.82, 2.24) is 4.90 Å². The number of unbranched alkanes of at least 4 members (excludes halogenated alkanes) is 20. The van der Waals surface area contributed by atoms with Gasteiger partial charge in [-0.2, -0.15) is 0 Å². The SMILES string of the molecule is CCCCC/C=C\C/C=C\CCCCCCCCOC(CCCCCCC/C=C\C/C=C\CCCCC)O[Si](C)(C)OCCCCCCN(C)C. The molecule has 4 nitrogen and oxygen atoms in total. The van der Waals surface area contributed by atoms with E-state index in [4.69, 9.17) is 13.6 Å². The fraction of sp³-hybridized carbons (Fsp3) is 0.826. The molecule has 0 spiro atoms. The molecular weight excluding hydrogens is 643 g/mol. The molecule has 51 heavy (non-hydrogen) atoms. The molecule has 0 bridgehead atoms. The summed E-state index contributed by atoms with van der Waals surface area (Å²) in [7, 11) is 2.08. The van der Waals surface area contributed by atoms with Gasteiger partial charge in [0.1, 0.15) is 6.29 Å². The molecule has 0 saturated heterocycles. The zero-order valence-electron chi connectivity index (χ0n) is 35.3. The molecule has 0 rings (SSSR count). The van der Waals surface area contributed by atoms with Gasteiger partial charge < -0.3 is 18.5 Å². The highest BCUT2D eigenvalue weighted by molar-refractivity contribution is 6.64. The lowest BCUT2D eigenvalue weighted by atomic mass is 10.1. The molecular formula is C46H89NO3Si. The van der Waals surface area contributed by atoms with Gasteiger partial charge in [0, 0.05) is 13.2 Å². The molecule has 0 fully saturated rings. The van der Waals surface area contributed by atoms with Gasteiger partial charge in [-0.05, 0) is 130 Å². The van der Waals surface area contributed by atoms with E-state index in [0.29, 0.717) is 0 Å². The Morgan fingerprint density at radius 3 is 1.37 bits per heavy atom. The van der Waals surface area contributed by atoms with Gasteiger partial charge in [-0.25, -0.2) is 0 Å². The molecule has 0 heterocycles. The maximum atomic E-state index is 6.61. The number of allylic oxidation sites excluding steroid dienone is 8. The van der Waals surface area contributed by atoms with Crippen LogP contribution in [-0.4, -0.2) is 53.6 Å². The van der Waals surface area contributed by atoms with Crippen LogP contribution in [0.15, 0.2) is 48.6 Å². The quantitative estimate of drug-likeness (QED) is 0.0272. The largest absolute Gasteiger partial charge is 0.394 e. The standard InChI is InChI=1S/C46H89NO3Si/c1-7-9-11-13-15-17-19-21-23-25-27-29-31-33-36-40-44-48-46(50-51(5,6)49-45-41-37-35-39-43-47(3)4)42-38-34-32-30-28-26-24-22-20-18-16-14-12-10-8-2/h15-18,21-24,46H,7-14,19-20,25-45H2,1-6H3/b17-15-,18-16-,23-21-,24-22-. The van der Waals surface area contributed by atoms with Crippen LogP contribution in [0.2, 0.25) is 13.1 Å². The van der Waals surface area contributed by atoms with Crippen LogP contribution in [0.25, 0.3) is 0 Å². The highest BCUT2D eigenvalue weighted by atomic mass is 28.4. The Labute approximate surface area is 321 Å². The Morgan fingerprint density at radius 2 is 0.882 bits per heavy atom. The molecule has 0 amide bonds. The van der Waals surface area contributed by atoms with Gasteiger partial charge in [-0.15, -0.1) is 0 Å². The molecule has 1 atom stereocenters. The average molecular weight is 732 g/mol. The van der Waals surface area contributed by atoms with Crippen molar-refractivity contribution < 1.29 is 13.6 Å². The third-order valence-corrected chi connectivity index (χ3v) is 11.1. The molecule has 5 heteroatoms. The lowest BCUT2D eigenvalue weighted by Gasteiger charge is -2.29. The van der Waals surface area contributed by atoms with Crippen molar-refractivity contribution in [3.05, 3.63) is 48.6 Å². The summed E-state index contributed by atoms with van der Waals surface area (Å²) in [5.41, 5.74) is 0. The van der Waals surface area contributed by atoms with E-state index in [1.54, 1.807) is 0 Å². The zero-order valence-corrected chi connectivity index (χ0v) is 36.3. The van der Waals surface area contributed by atoms with Crippen molar-refractivity contribution in [3.63, 3.8) is 0 Å². The van der Waals surface area contributed by atoms with Crippen molar-refractivity contribution >= 4 is 8.56 Å². The first-order valence-corrected chi connectivity index (χ1v) is 24.9. The second-order valence-corrected chi connectivity index (χ2v) is 18.8. The molecule has 300 valence electrons. The lowest BCUT2D eigenvalue weighted by Crippen LogP contribution is -2.40. The first kappa shape index (κ1) is 50.0. The van der Waals surface area contributed by atoms with Crippen LogP contribution in [0.4, 0.5) is 0 Å². The van der Waals surface area contributed by atoms with Crippen molar-refractivity contribution in [3.8, 4) is 0 Å². The van der Waals surface area contributed by atoms with Gasteiger partial charge in [0.05, 0.1) is 0 Å². The summed E-state index contributed by atoms with van der Waals surface area (Å²) in [5.74, 6) is 0. The fourth-order valence-electron chi connectivity index (χ4n) is 6.16. The van der Waals surface area contributed by atoms with Gasteiger partial charge in [0.25, 0.3) is 0 Å². The van der Waals surface area contributed by atoms with Gasteiger partial charge >= 0.3 is 8.56 Å². The minimum Gasteiger partial charge on any atom is -0.394 e. The molecule has 1 unspecified atom stereocenters. The summed E-state index contributed by atoms with van der Waals surface area (Å²) in [6.07, 6.45) is 53.6. The van der Waals surface area contributed by atoms with Gasteiger partial charge in [0.15, 0.2) is 0 Å². The fourth-order valence-corrected chi connectivity index (χ4v) is 7.68. The topological polar surface area (TPSA) is 30.9 Å². The average Bonchev–Trinajstić information content (AvgIpc) is 3.10. The Kier molecular flexibility index (Phi) is 39.4. The summed E-state index contributed by atoms with van der Waals surface area (Å²) < 4.78 is 19.4. The van der Waals surface area contributed by atoms with Crippen molar-refractivity contribution in [2.75, 3.05) is 33.9 Å². The van der Waals surface area contributed by atoms with E-state index in [1.807, 2.05) is 0 Å². The van der Waals surface area contributed by atoms with Crippen LogP contribution in [0.1, 0.15) is 194 Å². The minimum atomic E-state index is -2.23. The van der Waals surface area contributed by atoms with Crippen LogP contribution in [0, 0.1) is 0 Å². The third kappa shape index (κ3) is 41.6. The summed E-state index contributed by atoms with van der Waals surface area (Å²) in [6.45, 7) is 11.7. The maximum Gasteiger partial charge on any atom is 0.333 e. The van der Waals surface area contributed by atoms with E-state index in [0.717, 1.165) is 45.3 Å². The minimum absolute atomic E-state index is 0.123. The third-order valence-electron chi connectivity index (χ3n) is 9.40. The molecule has 0 aromatic heterocycles. The molecule has 0 aliphatic heterocycles. The summed E-state index contributed by atoms with van der Waals surface area (Å²) in [5, 5.41) is 0. The first-order chi connectivity index (χ1) is 24.9. The number of hydrogen-bond donors (Lipinski definition) is 0. The van der Waals surface area contributed by atoms with E-state index in [2.05, 4.69) is 94.5 Å². The predicted molar refractivity (Wildman–Crippen MR) is 230 cm³/mol. The smallest absolute Gasteiger partial charge is 0.333 e. The normalized spacial score (nSPS) is 13.4. The summed E-state index contributed by atoms with van der Waals surface area (Å²) >= 11 is 0. The maximum absolute atomic E-state index is 6.61. The number of hydrogen-bond acceptors (Lipinski definition) is 4. The molecule has 0 aliphatic rings. The molecule has 0 radical (unpaired) electrons. The van der Waals surface area contributed by atoms with Crippen LogP contribution in [0.3, 0.4) is 0 Å². The molecule has 0 saturated carbocycles. The molecule has 0 aromatic carbocycles. The number of rotatable bonds is 40. The van der Waals surface area contributed by atoms with Crippen LogP contribution in [0.5, 0.6) is 0 Å². The molecule has 0 aliphatic carbocycles. The zero-order chi connectivity index (χ0) is 37.4. The summed E-state index contributed by atoms with van der Waals surface area (Å²) in [4.78, 5) is 2.27. The monoisotopic (exact) mass is 732 g/mol. The van der Waals surface area contributed by atoms with Crippen molar-refractivity contribution in [2.45, 2.75) is 213 Å². The Hall–Kier alpha value is -0.983. The Morgan fingerprint density at radius 1 is 0.471 bits per heavy atom. The van der Waals surface area contributed by atoms with Gasteiger partial charge in [-0.3, -0.25) is 0 Å². The van der Waals surface area contributed by atoms with E-state index >= 15 is 0 Å². The first-order valence-electron chi connectivity index (χ1n) is 22.1. The van der Waals surface area contributed by atoms with Gasteiger partial charge in [-0.1, -0.05) is 146 Å². The highest BCUT2D eigenvalue weighted by Gasteiger charge is 2.29. The van der Waals surface area contributed by atoms with E-state index < -0.39 is 8.56 Å². The van der Waals surface area contributed by atoms with E-state index in [1.165, 1.54) is 154 Å². The van der Waals surface area contributed by atoms with E-state index in [-0.39, 0.29) is 6.29 Å². The Bertz CT molecular complexity index is 806. The Balaban J connectivity index is 4.27. The van der Waals surface area contributed by atoms with Gasteiger partial charge in [0.2, 0.25) is 0 Å². The van der Waals surface area contributed by atoms with Crippen LogP contribution < -0.4 is 0 Å². The van der Waals surface area contributed by atoms with Crippen molar-refractivity contribution in [1.29, 1.82) is 0 Å². The van der Waals surface area contributed by atoms with Crippen LogP contribution >= 0.6 is 0 Å². The molecule has 0 aromatic rings. The van der Waals surface area contributed by atoms with Crippen LogP contribution in [-0.2, 0) is 13.6 Å². The number of ether oxygens (including phenoxy) is 1. The lowest BCUT2D eigenvalue weighted by molar-refractivity contribution is -0.104. The highest BCUT2D eigenvalue weighted by Crippen LogP contribution is 2.19. The number of nitrogens with zero attached hydrogens (tertiary/aromatic N) is 1.